The minimum absolute atomic E-state index is 0.0623. The molecule has 0 saturated carbocycles. The van der Waals surface area contributed by atoms with Gasteiger partial charge in [-0.2, -0.15) is 0 Å². The Bertz CT molecular complexity index is 588. The van der Waals surface area contributed by atoms with Gasteiger partial charge in [-0.3, -0.25) is 4.79 Å². The molecule has 7 heteroatoms. The highest BCUT2D eigenvalue weighted by molar-refractivity contribution is 5.95. The highest BCUT2D eigenvalue weighted by atomic mass is 16.5. The van der Waals surface area contributed by atoms with Gasteiger partial charge in [0.2, 0.25) is 0 Å². The number of amides is 1. The summed E-state index contributed by atoms with van der Waals surface area (Å²) in [4.78, 5) is 25.1. The van der Waals surface area contributed by atoms with Crippen molar-refractivity contribution in [2.24, 2.45) is 0 Å². The fourth-order valence-corrected chi connectivity index (χ4v) is 2.50. The number of carbonyl (C=O) groups is 2. The molecule has 0 spiro atoms. The molecule has 132 valence electrons. The summed E-state index contributed by atoms with van der Waals surface area (Å²) in [7, 11) is 0. The zero-order valence-corrected chi connectivity index (χ0v) is 14.0. The Morgan fingerprint density at radius 3 is 2.75 bits per heavy atom. The smallest absolute Gasteiger partial charge is 0.341 e. The Morgan fingerprint density at radius 2 is 2.08 bits per heavy atom. The first-order chi connectivity index (χ1) is 11.5. The molecular weight excluding hydrogens is 314 g/mol. The third-order valence-corrected chi connectivity index (χ3v) is 3.72. The van der Waals surface area contributed by atoms with E-state index >= 15 is 0 Å². The number of carbonyl (C=O) groups excluding carboxylic acids is 1. The predicted octanol–water partition coefficient (Wildman–Crippen LogP) is 1.80. The zero-order valence-electron chi connectivity index (χ0n) is 14.0. The predicted molar refractivity (Wildman–Crippen MR) is 86.7 cm³/mol. The van der Waals surface area contributed by atoms with Crippen molar-refractivity contribution in [3.05, 3.63) is 23.8 Å². The van der Waals surface area contributed by atoms with Gasteiger partial charge in [-0.1, -0.05) is 6.92 Å². The number of rotatable bonds is 7. The van der Waals surface area contributed by atoms with Crippen LogP contribution in [0.1, 0.15) is 30.6 Å². The van der Waals surface area contributed by atoms with E-state index < -0.39 is 12.6 Å². The average molecular weight is 337 g/mol. The lowest BCUT2D eigenvalue weighted by Crippen LogP contribution is -2.45. The van der Waals surface area contributed by atoms with Gasteiger partial charge in [0.15, 0.2) is 18.1 Å². The summed E-state index contributed by atoms with van der Waals surface area (Å²) < 4.78 is 16.3. The van der Waals surface area contributed by atoms with E-state index in [0.717, 1.165) is 6.42 Å². The second-order valence-corrected chi connectivity index (χ2v) is 5.43. The van der Waals surface area contributed by atoms with Gasteiger partial charge < -0.3 is 24.2 Å². The molecule has 0 aromatic heterocycles. The Balaban J connectivity index is 2.15. The van der Waals surface area contributed by atoms with E-state index in [1.165, 1.54) is 0 Å². The Morgan fingerprint density at radius 1 is 1.29 bits per heavy atom. The largest absolute Gasteiger partial charge is 0.490 e. The van der Waals surface area contributed by atoms with Crippen LogP contribution in [0, 0.1) is 0 Å². The highest BCUT2D eigenvalue weighted by Gasteiger charge is 2.24. The topological polar surface area (TPSA) is 85.3 Å². The molecule has 1 atom stereocenters. The second-order valence-electron chi connectivity index (χ2n) is 5.43. The standard InChI is InChI=1S/C17H23NO6/c1-3-13-10-18(7-8-23-13)17(21)12-5-6-14(24-11-16(19)20)15(9-12)22-4-2/h5-6,9,13H,3-4,7-8,10-11H2,1-2H3,(H,19,20)/t13-/m0/s1. The summed E-state index contributed by atoms with van der Waals surface area (Å²) in [6.07, 6.45) is 0.919. The fourth-order valence-electron chi connectivity index (χ4n) is 2.50. The fraction of sp³-hybridized carbons (Fsp3) is 0.529. The highest BCUT2D eigenvalue weighted by Crippen LogP contribution is 2.29. The van der Waals surface area contributed by atoms with Crippen LogP contribution >= 0.6 is 0 Å². The van der Waals surface area contributed by atoms with Crippen LogP contribution in [0.3, 0.4) is 0 Å². The number of ether oxygens (including phenoxy) is 3. The van der Waals surface area contributed by atoms with E-state index in [0.29, 0.717) is 43.4 Å². The molecule has 7 nitrogen and oxygen atoms in total. The third-order valence-electron chi connectivity index (χ3n) is 3.72. The number of hydrogen-bond acceptors (Lipinski definition) is 5. The van der Waals surface area contributed by atoms with Gasteiger partial charge in [0.25, 0.3) is 5.91 Å². The number of aliphatic carboxylic acids is 1. The normalized spacial score (nSPS) is 17.4. The summed E-state index contributed by atoms with van der Waals surface area (Å²) in [5.41, 5.74) is 0.484. The summed E-state index contributed by atoms with van der Waals surface area (Å²) in [6.45, 7) is 5.41. The minimum atomic E-state index is -1.07. The van der Waals surface area contributed by atoms with Crippen molar-refractivity contribution in [3.8, 4) is 11.5 Å². The monoisotopic (exact) mass is 337 g/mol. The van der Waals surface area contributed by atoms with Gasteiger partial charge in [0.1, 0.15) is 0 Å². The van der Waals surface area contributed by atoms with Crippen molar-refractivity contribution in [2.45, 2.75) is 26.4 Å². The van der Waals surface area contributed by atoms with Crippen LogP contribution in [0.4, 0.5) is 0 Å². The van der Waals surface area contributed by atoms with Crippen molar-refractivity contribution in [2.75, 3.05) is 32.9 Å². The summed E-state index contributed by atoms with van der Waals surface area (Å²) in [6, 6.07) is 4.79. The molecule has 1 aliphatic rings. The van der Waals surface area contributed by atoms with E-state index in [-0.39, 0.29) is 12.0 Å². The van der Waals surface area contributed by atoms with Gasteiger partial charge >= 0.3 is 5.97 Å². The molecular formula is C17H23NO6. The lowest BCUT2D eigenvalue weighted by atomic mass is 10.1. The van der Waals surface area contributed by atoms with Crippen molar-refractivity contribution < 1.29 is 28.9 Å². The number of benzene rings is 1. The SMILES string of the molecule is CCOc1cc(C(=O)N2CCO[C@@H](CC)C2)ccc1OCC(=O)O. The van der Waals surface area contributed by atoms with Crippen molar-refractivity contribution in [1.82, 2.24) is 4.90 Å². The van der Waals surface area contributed by atoms with Crippen molar-refractivity contribution in [1.29, 1.82) is 0 Å². The second kappa shape index (κ2) is 8.54. The zero-order chi connectivity index (χ0) is 17.5. The Kier molecular flexibility index (Phi) is 6.43. The number of nitrogens with zero attached hydrogens (tertiary/aromatic N) is 1. The van der Waals surface area contributed by atoms with Crippen molar-refractivity contribution in [3.63, 3.8) is 0 Å². The minimum Gasteiger partial charge on any atom is -0.490 e. The molecule has 1 aromatic rings. The number of carboxylic acids is 1. The molecule has 1 amide bonds. The quantitative estimate of drug-likeness (QED) is 0.816. The van der Waals surface area contributed by atoms with Crippen LogP contribution in [0.5, 0.6) is 11.5 Å². The van der Waals surface area contributed by atoms with Gasteiger partial charge in [-0.25, -0.2) is 4.79 Å². The van der Waals surface area contributed by atoms with E-state index in [4.69, 9.17) is 19.3 Å². The van der Waals surface area contributed by atoms with E-state index in [1.54, 1.807) is 23.1 Å². The van der Waals surface area contributed by atoms with E-state index in [1.807, 2.05) is 13.8 Å². The molecule has 0 unspecified atom stereocenters. The molecule has 0 radical (unpaired) electrons. The first-order valence-electron chi connectivity index (χ1n) is 8.07. The van der Waals surface area contributed by atoms with Crippen molar-refractivity contribution >= 4 is 11.9 Å². The summed E-state index contributed by atoms with van der Waals surface area (Å²) >= 11 is 0. The molecule has 1 saturated heterocycles. The van der Waals surface area contributed by atoms with Crippen LogP contribution in [0.2, 0.25) is 0 Å². The first-order valence-corrected chi connectivity index (χ1v) is 8.07. The van der Waals surface area contributed by atoms with Crippen LogP contribution < -0.4 is 9.47 Å². The Hall–Kier alpha value is -2.28. The van der Waals surface area contributed by atoms with Crippen LogP contribution in [-0.2, 0) is 9.53 Å². The molecule has 1 N–H and O–H groups in total. The molecule has 24 heavy (non-hydrogen) atoms. The third kappa shape index (κ3) is 4.61. The number of hydrogen-bond donors (Lipinski definition) is 1. The number of morpholine rings is 1. The molecule has 1 fully saturated rings. The van der Waals surface area contributed by atoms with Gasteiger partial charge in [-0.15, -0.1) is 0 Å². The van der Waals surface area contributed by atoms with Gasteiger partial charge in [0.05, 0.1) is 19.3 Å². The van der Waals surface area contributed by atoms with E-state index in [2.05, 4.69) is 0 Å². The Labute approximate surface area is 141 Å². The maximum atomic E-state index is 12.7. The average Bonchev–Trinajstić information content (AvgIpc) is 2.60. The molecule has 1 aliphatic heterocycles. The first kappa shape index (κ1) is 18.1. The van der Waals surface area contributed by atoms with E-state index in [9.17, 15) is 9.59 Å². The maximum absolute atomic E-state index is 12.7. The van der Waals surface area contributed by atoms with Gasteiger partial charge in [-0.05, 0) is 31.5 Å². The molecule has 1 aromatic carbocycles. The summed E-state index contributed by atoms with van der Waals surface area (Å²) in [5.74, 6) is -0.492. The van der Waals surface area contributed by atoms with Crippen LogP contribution in [0.15, 0.2) is 18.2 Å². The molecule has 2 rings (SSSR count). The summed E-state index contributed by atoms with van der Waals surface area (Å²) in [5, 5.41) is 8.72. The van der Waals surface area contributed by atoms with Crippen LogP contribution in [-0.4, -0.2) is 60.9 Å². The molecule has 0 aliphatic carbocycles. The van der Waals surface area contributed by atoms with Gasteiger partial charge in [0, 0.05) is 18.7 Å². The number of carboxylic acid groups (broad SMARTS) is 1. The lowest BCUT2D eigenvalue weighted by Gasteiger charge is -2.32. The molecule has 0 bridgehead atoms. The van der Waals surface area contributed by atoms with Crippen LogP contribution in [0.25, 0.3) is 0 Å². The lowest BCUT2D eigenvalue weighted by molar-refractivity contribution is -0.139. The molecule has 1 heterocycles. The maximum Gasteiger partial charge on any atom is 0.341 e.